The van der Waals surface area contributed by atoms with Crippen molar-refractivity contribution in [1.82, 2.24) is 0 Å². The summed E-state index contributed by atoms with van der Waals surface area (Å²) in [5.74, 6) is 0.120. The molecule has 12 heavy (non-hydrogen) atoms. The zero-order valence-corrected chi connectivity index (χ0v) is 7.87. The lowest BCUT2D eigenvalue weighted by molar-refractivity contribution is -0.150. The summed E-state index contributed by atoms with van der Waals surface area (Å²) in [6.07, 6.45) is 0.971. The largest absolute Gasteiger partial charge is 0.459 e. The predicted molar refractivity (Wildman–Crippen MR) is 44.7 cm³/mol. The molecule has 0 N–H and O–H groups in total. The summed E-state index contributed by atoms with van der Waals surface area (Å²) in [6, 6.07) is 0. The Balaban J connectivity index is 2.51. The Bertz CT molecular complexity index is 167. The fraction of sp³-hybridized carbons (Fsp3) is 0.889. The number of hydrogen-bond acceptors (Lipinski definition) is 3. The summed E-state index contributed by atoms with van der Waals surface area (Å²) >= 11 is 0. The van der Waals surface area contributed by atoms with Crippen molar-refractivity contribution in [3.63, 3.8) is 0 Å². The van der Waals surface area contributed by atoms with Gasteiger partial charge in [-0.1, -0.05) is 13.8 Å². The molecule has 3 nitrogen and oxygen atoms in total. The summed E-state index contributed by atoms with van der Waals surface area (Å²) in [6.45, 7) is 6.23. The molecule has 1 saturated heterocycles. The Kier molecular flexibility index (Phi) is 3.09. The molecule has 0 bridgehead atoms. The van der Waals surface area contributed by atoms with E-state index in [1.54, 1.807) is 0 Å². The van der Waals surface area contributed by atoms with Crippen molar-refractivity contribution >= 4 is 5.97 Å². The van der Waals surface area contributed by atoms with Crippen molar-refractivity contribution in [3.8, 4) is 0 Å². The van der Waals surface area contributed by atoms with Gasteiger partial charge in [0.2, 0.25) is 0 Å². The average molecular weight is 172 g/mol. The van der Waals surface area contributed by atoms with Crippen LogP contribution in [0.1, 0.15) is 27.2 Å². The van der Waals surface area contributed by atoms with Crippen LogP contribution in [0.2, 0.25) is 0 Å². The van der Waals surface area contributed by atoms with E-state index in [0.29, 0.717) is 12.5 Å². The van der Waals surface area contributed by atoms with E-state index in [2.05, 4.69) is 0 Å². The molecular weight excluding hydrogens is 156 g/mol. The fourth-order valence-corrected chi connectivity index (χ4v) is 1.57. The first-order valence-electron chi connectivity index (χ1n) is 4.44. The minimum absolute atomic E-state index is 0.0347. The third-order valence-electron chi connectivity index (χ3n) is 2.20. The molecule has 3 atom stereocenters. The third kappa shape index (κ3) is 1.97. The maximum Gasteiger partial charge on any atom is 0.303 e. The minimum Gasteiger partial charge on any atom is -0.459 e. The first-order chi connectivity index (χ1) is 5.65. The third-order valence-corrected chi connectivity index (χ3v) is 2.20. The number of carbonyl (C=O) groups excluding carboxylic acids is 1. The standard InChI is InChI=1S/C9H16O3/c1-4-8-9(12-7(3)10)6(2)5-11-8/h6,8-9H,4-5H2,1-3H3/t6?,8-,9-/m1/s1. The van der Waals surface area contributed by atoms with E-state index >= 15 is 0 Å². The van der Waals surface area contributed by atoms with Gasteiger partial charge in [0.1, 0.15) is 6.10 Å². The van der Waals surface area contributed by atoms with Gasteiger partial charge in [-0.25, -0.2) is 0 Å². The molecule has 0 spiro atoms. The molecule has 70 valence electrons. The second-order valence-corrected chi connectivity index (χ2v) is 3.33. The van der Waals surface area contributed by atoms with Gasteiger partial charge < -0.3 is 9.47 Å². The number of esters is 1. The van der Waals surface area contributed by atoms with E-state index in [1.165, 1.54) is 6.92 Å². The summed E-state index contributed by atoms with van der Waals surface area (Å²) in [7, 11) is 0. The van der Waals surface area contributed by atoms with Crippen molar-refractivity contribution in [1.29, 1.82) is 0 Å². The lowest BCUT2D eigenvalue weighted by Crippen LogP contribution is -2.29. The Morgan fingerprint density at radius 2 is 2.33 bits per heavy atom. The summed E-state index contributed by atoms with van der Waals surface area (Å²) in [5.41, 5.74) is 0. The van der Waals surface area contributed by atoms with Crippen molar-refractivity contribution in [3.05, 3.63) is 0 Å². The van der Waals surface area contributed by atoms with Gasteiger partial charge in [-0.15, -0.1) is 0 Å². The van der Waals surface area contributed by atoms with E-state index in [-0.39, 0.29) is 18.2 Å². The molecule has 1 aliphatic rings. The van der Waals surface area contributed by atoms with Gasteiger partial charge in [0.15, 0.2) is 0 Å². The van der Waals surface area contributed by atoms with Crippen LogP contribution in [0.5, 0.6) is 0 Å². The zero-order valence-electron chi connectivity index (χ0n) is 7.87. The van der Waals surface area contributed by atoms with Gasteiger partial charge in [-0.2, -0.15) is 0 Å². The molecule has 1 heterocycles. The predicted octanol–water partition coefficient (Wildman–Crippen LogP) is 1.36. The minimum atomic E-state index is -0.212. The molecule has 1 unspecified atom stereocenters. The van der Waals surface area contributed by atoms with Gasteiger partial charge in [0.05, 0.1) is 12.7 Å². The Labute approximate surface area is 73.0 Å². The summed E-state index contributed by atoms with van der Waals surface area (Å²) < 4.78 is 10.6. The van der Waals surface area contributed by atoms with Crippen molar-refractivity contribution in [2.24, 2.45) is 5.92 Å². The van der Waals surface area contributed by atoms with E-state index in [4.69, 9.17) is 9.47 Å². The van der Waals surface area contributed by atoms with Crippen LogP contribution < -0.4 is 0 Å². The molecule has 0 aromatic carbocycles. The van der Waals surface area contributed by atoms with Crippen LogP contribution in [0, 0.1) is 5.92 Å². The Morgan fingerprint density at radius 3 is 2.83 bits per heavy atom. The van der Waals surface area contributed by atoms with Gasteiger partial charge in [0, 0.05) is 12.8 Å². The Morgan fingerprint density at radius 1 is 1.67 bits per heavy atom. The highest BCUT2D eigenvalue weighted by Gasteiger charge is 2.35. The SMILES string of the molecule is CC[C@H]1OCC(C)[C@H]1OC(C)=O. The lowest BCUT2D eigenvalue weighted by atomic mass is 10.0. The van der Waals surface area contributed by atoms with E-state index in [9.17, 15) is 4.79 Å². The van der Waals surface area contributed by atoms with E-state index < -0.39 is 0 Å². The number of carbonyl (C=O) groups is 1. The van der Waals surface area contributed by atoms with E-state index in [1.807, 2.05) is 13.8 Å². The molecule has 0 aromatic heterocycles. The molecule has 0 radical (unpaired) electrons. The zero-order chi connectivity index (χ0) is 9.14. The highest BCUT2D eigenvalue weighted by molar-refractivity contribution is 5.66. The van der Waals surface area contributed by atoms with Crippen LogP contribution in [-0.2, 0) is 14.3 Å². The fourth-order valence-electron chi connectivity index (χ4n) is 1.57. The molecular formula is C9H16O3. The molecule has 1 rings (SSSR count). The van der Waals surface area contributed by atoms with Crippen molar-refractivity contribution in [2.45, 2.75) is 39.4 Å². The normalized spacial score (nSPS) is 35.1. The molecule has 1 fully saturated rings. The summed E-state index contributed by atoms with van der Waals surface area (Å²) in [5, 5.41) is 0. The van der Waals surface area contributed by atoms with Gasteiger partial charge in [-0.05, 0) is 6.42 Å². The maximum atomic E-state index is 10.7. The number of hydrogen-bond donors (Lipinski definition) is 0. The molecule has 0 saturated carbocycles. The van der Waals surface area contributed by atoms with Crippen LogP contribution in [0.15, 0.2) is 0 Å². The number of rotatable bonds is 2. The van der Waals surface area contributed by atoms with Crippen molar-refractivity contribution < 1.29 is 14.3 Å². The molecule has 0 amide bonds. The van der Waals surface area contributed by atoms with E-state index in [0.717, 1.165) is 6.42 Å². The topological polar surface area (TPSA) is 35.5 Å². The van der Waals surface area contributed by atoms with Crippen LogP contribution in [0.25, 0.3) is 0 Å². The molecule has 0 aromatic rings. The Hall–Kier alpha value is -0.570. The first-order valence-corrected chi connectivity index (χ1v) is 4.44. The molecule has 3 heteroatoms. The lowest BCUT2D eigenvalue weighted by Gasteiger charge is -2.19. The smallest absolute Gasteiger partial charge is 0.303 e. The average Bonchev–Trinajstić information content (AvgIpc) is 2.32. The maximum absolute atomic E-state index is 10.7. The summed E-state index contributed by atoms with van der Waals surface area (Å²) in [4.78, 5) is 10.7. The second-order valence-electron chi connectivity index (χ2n) is 3.33. The molecule has 0 aliphatic carbocycles. The monoisotopic (exact) mass is 172 g/mol. The van der Waals surface area contributed by atoms with Crippen LogP contribution in [0.4, 0.5) is 0 Å². The van der Waals surface area contributed by atoms with Gasteiger partial charge >= 0.3 is 5.97 Å². The number of ether oxygens (including phenoxy) is 2. The highest BCUT2D eigenvalue weighted by atomic mass is 16.6. The van der Waals surface area contributed by atoms with Crippen LogP contribution in [-0.4, -0.2) is 24.8 Å². The van der Waals surface area contributed by atoms with Crippen LogP contribution in [0.3, 0.4) is 0 Å². The first kappa shape index (κ1) is 9.52. The van der Waals surface area contributed by atoms with Crippen molar-refractivity contribution in [2.75, 3.05) is 6.61 Å². The van der Waals surface area contributed by atoms with Gasteiger partial charge in [-0.3, -0.25) is 4.79 Å². The second kappa shape index (κ2) is 3.90. The quantitative estimate of drug-likeness (QED) is 0.590. The van der Waals surface area contributed by atoms with Crippen LogP contribution >= 0.6 is 0 Å². The molecule has 1 aliphatic heterocycles. The van der Waals surface area contributed by atoms with Gasteiger partial charge in [0.25, 0.3) is 0 Å². The highest BCUT2D eigenvalue weighted by Crippen LogP contribution is 2.25.